The van der Waals surface area contributed by atoms with Gasteiger partial charge < -0.3 is 15.0 Å². The third kappa shape index (κ3) is 4.49. The van der Waals surface area contributed by atoms with Crippen LogP contribution < -0.4 is 10.1 Å². The maximum absolute atomic E-state index is 12.3. The second-order valence-electron chi connectivity index (χ2n) is 5.74. The van der Waals surface area contributed by atoms with Crippen LogP contribution in [-0.2, 0) is 4.79 Å². The smallest absolute Gasteiger partial charge is 0.406 e. The topological polar surface area (TPSA) is 67.3 Å². The molecule has 0 aliphatic carbocycles. The molecule has 2 aromatic rings. The van der Waals surface area contributed by atoms with Gasteiger partial charge >= 0.3 is 6.36 Å². The van der Waals surface area contributed by atoms with Crippen LogP contribution in [0.1, 0.15) is 19.3 Å². The van der Waals surface area contributed by atoms with E-state index in [0.717, 1.165) is 32.4 Å². The lowest BCUT2D eigenvalue weighted by Crippen LogP contribution is -2.39. The van der Waals surface area contributed by atoms with Gasteiger partial charge in [-0.1, -0.05) is 0 Å². The summed E-state index contributed by atoms with van der Waals surface area (Å²) in [5.41, 5.74) is 0.296. The Morgan fingerprint density at radius 3 is 2.68 bits per heavy atom. The van der Waals surface area contributed by atoms with Gasteiger partial charge in [0.25, 0.3) is 0 Å². The number of likely N-dealkylation sites (tertiary alicyclic amines) is 1. The van der Waals surface area contributed by atoms with Crippen molar-refractivity contribution in [1.82, 2.24) is 14.9 Å². The van der Waals surface area contributed by atoms with Crippen molar-refractivity contribution in [3.8, 4) is 5.75 Å². The fraction of sp³-hybridized carbons (Fsp3) is 0.438. The summed E-state index contributed by atoms with van der Waals surface area (Å²) >= 11 is 0. The number of carbonyl (C=O) groups excluding carboxylic acids is 1. The number of nitrogens with zero attached hydrogens (tertiary/aromatic N) is 3. The van der Waals surface area contributed by atoms with E-state index in [1.807, 2.05) is 0 Å². The molecule has 1 fully saturated rings. The van der Waals surface area contributed by atoms with Crippen LogP contribution in [0, 0.1) is 0 Å². The number of aromatic nitrogens is 2. The van der Waals surface area contributed by atoms with Gasteiger partial charge in [0.15, 0.2) is 0 Å². The van der Waals surface area contributed by atoms with Crippen LogP contribution in [0.15, 0.2) is 24.5 Å². The number of carbonyl (C=O) groups is 1. The number of amides is 1. The number of fused-ring (bicyclic) bond motifs is 1. The van der Waals surface area contributed by atoms with Gasteiger partial charge in [-0.15, -0.1) is 13.2 Å². The molecule has 134 valence electrons. The molecular weight excluding hydrogens is 337 g/mol. The molecule has 1 N–H and O–H groups in total. The highest BCUT2D eigenvalue weighted by Crippen LogP contribution is 2.27. The van der Waals surface area contributed by atoms with E-state index >= 15 is 0 Å². The van der Waals surface area contributed by atoms with E-state index in [0.29, 0.717) is 16.7 Å². The van der Waals surface area contributed by atoms with Gasteiger partial charge in [-0.05, 0) is 31.4 Å². The summed E-state index contributed by atoms with van der Waals surface area (Å²) in [4.78, 5) is 22.0. The fourth-order valence-electron chi connectivity index (χ4n) is 2.79. The van der Waals surface area contributed by atoms with Crippen LogP contribution in [0.5, 0.6) is 5.75 Å². The molecular formula is C16H17F3N4O2. The second-order valence-corrected chi connectivity index (χ2v) is 5.74. The molecule has 2 heterocycles. The lowest BCUT2D eigenvalue weighted by Gasteiger charge is -2.26. The lowest BCUT2D eigenvalue weighted by molar-refractivity contribution is -0.274. The minimum absolute atomic E-state index is 0.0245. The van der Waals surface area contributed by atoms with Crippen molar-refractivity contribution >= 4 is 22.6 Å². The Balaban J connectivity index is 1.72. The summed E-state index contributed by atoms with van der Waals surface area (Å²) in [7, 11) is 0. The number of ether oxygens (including phenoxy) is 1. The molecule has 0 bridgehead atoms. The van der Waals surface area contributed by atoms with Crippen molar-refractivity contribution in [2.45, 2.75) is 25.6 Å². The van der Waals surface area contributed by atoms with Crippen LogP contribution in [0.3, 0.4) is 0 Å². The molecule has 1 saturated heterocycles. The van der Waals surface area contributed by atoms with E-state index in [9.17, 15) is 18.0 Å². The van der Waals surface area contributed by atoms with Gasteiger partial charge in [0.05, 0.1) is 12.1 Å². The zero-order valence-electron chi connectivity index (χ0n) is 13.3. The average Bonchev–Trinajstić information content (AvgIpc) is 2.58. The molecule has 0 spiro atoms. The van der Waals surface area contributed by atoms with Crippen molar-refractivity contribution < 1.29 is 22.7 Å². The Kier molecular flexibility index (Phi) is 4.91. The number of benzene rings is 1. The third-order valence-corrected chi connectivity index (χ3v) is 3.96. The molecule has 6 nitrogen and oxygen atoms in total. The largest absolute Gasteiger partial charge is 0.573 e. The van der Waals surface area contributed by atoms with E-state index in [4.69, 9.17) is 0 Å². The molecule has 1 amide bonds. The lowest BCUT2D eigenvalue weighted by atomic mass is 10.1. The van der Waals surface area contributed by atoms with Gasteiger partial charge in [-0.3, -0.25) is 4.79 Å². The molecule has 3 rings (SSSR count). The fourth-order valence-corrected chi connectivity index (χ4v) is 2.79. The van der Waals surface area contributed by atoms with E-state index in [-0.39, 0.29) is 18.2 Å². The SMILES string of the molecule is O=C(CNc1ncnc2cc(OC(F)(F)F)ccc12)N1CCCCC1. The van der Waals surface area contributed by atoms with Crippen LogP contribution in [0.25, 0.3) is 10.9 Å². The zero-order valence-corrected chi connectivity index (χ0v) is 13.3. The van der Waals surface area contributed by atoms with Crippen LogP contribution in [0.2, 0.25) is 0 Å². The van der Waals surface area contributed by atoms with Crippen LogP contribution in [-0.4, -0.2) is 46.8 Å². The molecule has 1 aromatic carbocycles. The van der Waals surface area contributed by atoms with Crippen molar-refractivity contribution in [1.29, 1.82) is 0 Å². The molecule has 0 radical (unpaired) electrons. The van der Waals surface area contributed by atoms with Crippen molar-refractivity contribution in [2.24, 2.45) is 0 Å². The van der Waals surface area contributed by atoms with E-state index in [1.54, 1.807) is 4.90 Å². The Morgan fingerprint density at radius 2 is 1.96 bits per heavy atom. The second kappa shape index (κ2) is 7.12. The number of alkyl halides is 3. The molecule has 0 saturated carbocycles. The average molecular weight is 354 g/mol. The molecule has 9 heteroatoms. The first-order valence-electron chi connectivity index (χ1n) is 7.94. The Hall–Kier alpha value is -2.58. The first-order valence-corrected chi connectivity index (χ1v) is 7.94. The third-order valence-electron chi connectivity index (χ3n) is 3.96. The summed E-state index contributed by atoms with van der Waals surface area (Å²) in [6.45, 7) is 1.58. The van der Waals surface area contributed by atoms with Gasteiger partial charge in [-0.2, -0.15) is 0 Å². The Labute approximate surface area is 142 Å². The molecule has 0 unspecified atom stereocenters. The summed E-state index contributed by atoms with van der Waals surface area (Å²) in [6, 6.07) is 3.81. The quantitative estimate of drug-likeness (QED) is 0.914. The highest BCUT2D eigenvalue weighted by molar-refractivity contribution is 5.91. The minimum atomic E-state index is -4.76. The van der Waals surface area contributed by atoms with Gasteiger partial charge in [-0.25, -0.2) is 9.97 Å². The van der Waals surface area contributed by atoms with Crippen molar-refractivity contribution in [3.05, 3.63) is 24.5 Å². The maximum Gasteiger partial charge on any atom is 0.573 e. The first kappa shape index (κ1) is 17.2. The van der Waals surface area contributed by atoms with Gasteiger partial charge in [0.1, 0.15) is 17.9 Å². The molecule has 1 aliphatic heterocycles. The molecule has 0 atom stereocenters. The highest BCUT2D eigenvalue weighted by Gasteiger charge is 2.31. The number of rotatable bonds is 4. The van der Waals surface area contributed by atoms with E-state index in [2.05, 4.69) is 20.0 Å². The van der Waals surface area contributed by atoms with Crippen molar-refractivity contribution in [2.75, 3.05) is 25.0 Å². The molecule has 1 aromatic heterocycles. The van der Waals surface area contributed by atoms with Crippen LogP contribution in [0.4, 0.5) is 19.0 Å². The standard InChI is InChI=1S/C16H17F3N4O2/c17-16(18,19)25-11-4-5-12-13(8-11)21-10-22-15(12)20-9-14(24)23-6-2-1-3-7-23/h4-5,8,10H,1-3,6-7,9H2,(H,20,21,22). The minimum Gasteiger partial charge on any atom is -0.406 e. The first-order chi connectivity index (χ1) is 11.9. The normalized spacial score (nSPS) is 15.2. The number of anilines is 1. The zero-order chi connectivity index (χ0) is 17.9. The number of nitrogens with one attached hydrogen (secondary N) is 1. The monoisotopic (exact) mass is 354 g/mol. The van der Waals surface area contributed by atoms with E-state index < -0.39 is 6.36 Å². The summed E-state index contributed by atoms with van der Waals surface area (Å²) < 4.78 is 40.8. The number of halogens is 3. The highest BCUT2D eigenvalue weighted by atomic mass is 19.4. The maximum atomic E-state index is 12.3. The van der Waals surface area contributed by atoms with Crippen LogP contribution >= 0.6 is 0 Å². The number of hydrogen-bond acceptors (Lipinski definition) is 5. The number of piperidine rings is 1. The molecule has 1 aliphatic rings. The summed E-state index contributed by atoms with van der Waals surface area (Å²) in [6.07, 6.45) is -0.388. The number of hydrogen-bond donors (Lipinski definition) is 1. The predicted molar refractivity (Wildman–Crippen MR) is 85.1 cm³/mol. The summed E-state index contributed by atoms with van der Waals surface area (Å²) in [5.74, 6) is 0.0199. The summed E-state index contributed by atoms with van der Waals surface area (Å²) in [5, 5.41) is 3.46. The molecule has 25 heavy (non-hydrogen) atoms. The van der Waals surface area contributed by atoms with Gasteiger partial charge in [0.2, 0.25) is 5.91 Å². The van der Waals surface area contributed by atoms with Gasteiger partial charge in [0, 0.05) is 24.5 Å². The van der Waals surface area contributed by atoms with Crippen molar-refractivity contribution in [3.63, 3.8) is 0 Å². The Bertz CT molecular complexity index is 761. The predicted octanol–water partition coefficient (Wildman–Crippen LogP) is 2.95. The van der Waals surface area contributed by atoms with E-state index in [1.165, 1.54) is 24.5 Å². The Morgan fingerprint density at radius 1 is 1.20 bits per heavy atom.